The van der Waals surface area contributed by atoms with E-state index >= 15 is 0 Å². The molecule has 6 heteroatoms. The molecule has 1 aliphatic heterocycles. The SMILES string of the molecule is CCn1cnnc1C1CCN(c2nc(C)nc3c2CCCC3)CC1. The number of hydrogen-bond acceptors (Lipinski definition) is 5. The maximum atomic E-state index is 4.81. The Morgan fingerprint density at radius 3 is 2.71 bits per heavy atom. The first-order valence-electron chi connectivity index (χ1n) is 9.25. The molecular weight excluding hydrogens is 300 g/mol. The fourth-order valence-corrected chi connectivity index (χ4v) is 4.13. The first-order chi connectivity index (χ1) is 11.8. The Morgan fingerprint density at radius 1 is 1.12 bits per heavy atom. The zero-order chi connectivity index (χ0) is 16.5. The Kier molecular flexibility index (Phi) is 4.21. The number of aryl methyl sites for hydroxylation is 3. The molecule has 0 N–H and O–H groups in total. The zero-order valence-electron chi connectivity index (χ0n) is 14.7. The third-order valence-electron chi connectivity index (χ3n) is 5.42. The summed E-state index contributed by atoms with van der Waals surface area (Å²) in [6, 6.07) is 0. The van der Waals surface area contributed by atoms with Crippen LogP contribution in [0.2, 0.25) is 0 Å². The highest BCUT2D eigenvalue weighted by atomic mass is 15.3. The number of piperidine rings is 1. The van der Waals surface area contributed by atoms with Crippen molar-refractivity contribution in [2.75, 3.05) is 18.0 Å². The highest BCUT2D eigenvalue weighted by molar-refractivity contribution is 5.50. The van der Waals surface area contributed by atoms with Crippen LogP contribution in [-0.2, 0) is 19.4 Å². The average Bonchev–Trinajstić information content (AvgIpc) is 3.10. The monoisotopic (exact) mass is 326 g/mol. The first kappa shape index (κ1) is 15.5. The van der Waals surface area contributed by atoms with Crippen molar-refractivity contribution in [1.29, 1.82) is 0 Å². The van der Waals surface area contributed by atoms with Gasteiger partial charge in [-0.05, 0) is 52.4 Å². The molecule has 6 nitrogen and oxygen atoms in total. The quantitative estimate of drug-likeness (QED) is 0.868. The maximum Gasteiger partial charge on any atom is 0.136 e. The van der Waals surface area contributed by atoms with Crippen LogP contribution in [0, 0.1) is 6.92 Å². The minimum atomic E-state index is 0.516. The highest BCUT2D eigenvalue weighted by Gasteiger charge is 2.27. The normalized spacial score (nSPS) is 18.7. The van der Waals surface area contributed by atoms with Crippen molar-refractivity contribution < 1.29 is 0 Å². The molecule has 0 bridgehead atoms. The standard InChI is InChI=1S/C18H26N6/c1-3-23-12-19-22-17(23)14-8-10-24(11-9-14)18-15-6-4-5-7-16(15)20-13(2)21-18/h12,14H,3-11H2,1-2H3. The molecule has 0 saturated carbocycles. The second-order valence-corrected chi connectivity index (χ2v) is 6.96. The minimum absolute atomic E-state index is 0.516. The van der Waals surface area contributed by atoms with Crippen LogP contribution in [0.3, 0.4) is 0 Å². The summed E-state index contributed by atoms with van der Waals surface area (Å²) in [6.07, 6.45) is 8.87. The summed E-state index contributed by atoms with van der Waals surface area (Å²) in [5.74, 6) is 3.78. The van der Waals surface area contributed by atoms with Crippen LogP contribution in [0.25, 0.3) is 0 Å². The van der Waals surface area contributed by atoms with Crippen LogP contribution in [0.1, 0.15) is 61.4 Å². The smallest absolute Gasteiger partial charge is 0.136 e. The van der Waals surface area contributed by atoms with Gasteiger partial charge in [-0.2, -0.15) is 0 Å². The molecule has 128 valence electrons. The van der Waals surface area contributed by atoms with Gasteiger partial charge >= 0.3 is 0 Å². The van der Waals surface area contributed by atoms with Crippen LogP contribution >= 0.6 is 0 Å². The van der Waals surface area contributed by atoms with Crippen LogP contribution in [0.4, 0.5) is 5.82 Å². The van der Waals surface area contributed by atoms with Gasteiger partial charge in [-0.3, -0.25) is 0 Å². The van der Waals surface area contributed by atoms with Crippen molar-refractivity contribution in [3.05, 3.63) is 29.2 Å². The number of anilines is 1. The summed E-state index contributed by atoms with van der Waals surface area (Å²) in [7, 11) is 0. The zero-order valence-corrected chi connectivity index (χ0v) is 14.7. The molecule has 0 radical (unpaired) electrons. The topological polar surface area (TPSA) is 59.7 Å². The molecule has 0 unspecified atom stereocenters. The molecule has 3 heterocycles. The summed E-state index contributed by atoms with van der Waals surface area (Å²) in [5.41, 5.74) is 2.69. The summed E-state index contributed by atoms with van der Waals surface area (Å²) in [5, 5.41) is 8.46. The number of fused-ring (bicyclic) bond motifs is 1. The van der Waals surface area contributed by atoms with Crippen molar-refractivity contribution in [2.45, 2.75) is 64.8 Å². The van der Waals surface area contributed by atoms with Gasteiger partial charge in [0.1, 0.15) is 23.8 Å². The Bertz CT molecular complexity index is 714. The lowest BCUT2D eigenvalue weighted by Gasteiger charge is -2.34. The van der Waals surface area contributed by atoms with Gasteiger partial charge in [-0.15, -0.1) is 10.2 Å². The average molecular weight is 326 g/mol. The largest absolute Gasteiger partial charge is 0.356 e. The van der Waals surface area contributed by atoms with Crippen molar-refractivity contribution in [3.8, 4) is 0 Å². The molecule has 2 aromatic rings. The van der Waals surface area contributed by atoms with Gasteiger partial charge in [0.2, 0.25) is 0 Å². The molecule has 24 heavy (non-hydrogen) atoms. The van der Waals surface area contributed by atoms with Crippen LogP contribution in [0.15, 0.2) is 6.33 Å². The number of rotatable bonds is 3. The minimum Gasteiger partial charge on any atom is -0.356 e. The lowest BCUT2D eigenvalue weighted by atomic mass is 9.93. The van der Waals surface area contributed by atoms with Crippen LogP contribution < -0.4 is 4.90 Å². The molecule has 0 aromatic carbocycles. The molecule has 0 atom stereocenters. The van der Waals surface area contributed by atoms with Crippen molar-refractivity contribution in [1.82, 2.24) is 24.7 Å². The van der Waals surface area contributed by atoms with E-state index in [-0.39, 0.29) is 0 Å². The molecule has 4 rings (SSSR count). The molecule has 2 aromatic heterocycles. The summed E-state index contributed by atoms with van der Waals surface area (Å²) in [4.78, 5) is 12.0. The molecule has 0 spiro atoms. The van der Waals surface area contributed by atoms with E-state index in [1.54, 1.807) is 0 Å². The molecule has 1 fully saturated rings. The predicted octanol–water partition coefficient (Wildman–Crippen LogP) is 2.66. The van der Waals surface area contributed by atoms with E-state index in [9.17, 15) is 0 Å². The van der Waals surface area contributed by atoms with Crippen LogP contribution in [-0.4, -0.2) is 37.8 Å². The van der Waals surface area contributed by atoms with Gasteiger partial charge in [-0.1, -0.05) is 0 Å². The van der Waals surface area contributed by atoms with Gasteiger partial charge in [0, 0.05) is 36.8 Å². The molecule has 1 saturated heterocycles. The van der Waals surface area contributed by atoms with E-state index in [0.717, 1.165) is 57.0 Å². The summed E-state index contributed by atoms with van der Waals surface area (Å²) < 4.78 is 2.18. The van der Waals surface area contributed by atoms with Crippen molar-refractivity contribution >= 4 is 5.82 Å². The molecular formula is C18H26N6. The molecule has 0 amide bonds. The fourth-order valence-electron chi connectivity index (χ4n) is 4.13. The Hall–Kier alpha value is -1.98. The third-order valence-corrected chi connectivity index (χ3v) is 5.42. The fraction of sp³-hybridized carbons (Fsp3) is 0.667. The van der Waals surface area contributed by atoms with Gasteiger partial charge < -0.3 is 9.47 Å². The van der Waals surface area contributed by atoms with E-state index in [1.807, 2.05) is 13.3 Å². The third kappa shape index (κ3) is 2.78. The first-order valence-corrected chi connectivity index (χ1v) is 9.25. The second-order valence-electron chi connectivity index (χ2n) is 6.96. The highest BCUT2D eigenvalue weighted by Crippen LogP contribution is 2.33. The predicted molar refractivity (Wildman–Crippen MR) is 93.3 cm³/mol. The Labute approximate surface area is 143 Å². The van der Waals surface area contributed by atoms with E-state index in [4.69, 9.17) is 4.98 Å². The second kappa shape index (κ2) is 6.49. The van der Waals surface area contributed by atoms with Crippen molar-refractivity contribution in [2.24, 2.45) is 0 Å². The maximum absolute atomic E-state index is 4.81. The van der Waals surface area contributed by atoms with E-state index in [2.05, 4.69) is 31.6 Å². The number of aromatic nitrogens is 5. The van der Waals surface area contributed by atoms with Gasteiger partial charge in [0.15, 0.2) is 0 Å². The molecule has 1 aliphatic carbocycles. The summed E-state index contributed by atoms with van der Waals surface area (Å²) in [6.45, 7) is 7.21. The number of hydrogen-bond donors (Lipinski definition) is 0. The Balaban J connectivity index is 1.53. The van der Waals surface area contributed by atoms with E-state index in [0.29, 0.717) is 5.92 Å². The number of nitrogens with zero attached hydrogens (tertiary/aromatic N) is 6. The van der Waals surface area contributed by atoms with Gasteiger partial charge in [-0.25, -0.2) is 9.97 Å². The lowest BCUT2D eigenvalue weighted by Crippen LogP contribution is -2.35. The van der Waals surface area contributed by atoms with Gasteiger partial charge in [0.05, 0.1) is 0 Å². The van der Waals surface area contributed by atoms with Crippen LogP contribution in [0.5, 0.6) is 0 Å². The van der Waals surface area contributed by atoms with Crippen molar-refractivity contribution in [3.63, 3.8) is 0 Å². The molecule has 2 aliphatic rings. The lowest BCUT2D eigenvalue weighted by molar-refractivity contribution is 0.463. The summed E-state index contributed by atoms with van der Waals surface area (Å²) >= 11 is 0. The van der Waals surface area contributed by atoms with E-state index < -0.39 is 0 Å². The van der Waals surface area contributed by atoms with Gasteiger partial charge in [0.25, 0.3) is 0 Å². The Morgan fingerprint density at radius 2 is 1.92 bits per heavy atom. The van der Waals surface area contributed by atoms with E-state index in [1.165, 1.54) is 29.9 Å².